The lowest BCUT2D eigenvalue weighted by Crippen LogP contribution is -2.41. The average Bonchev–Trinajstić information content (AvgIpc) is 3.44. The molecular weight excluding hydrogens is 390 g/mol. The van der Waals surface area contributed by atoms with Crippen LogP contribution in [0.25, 0.3) is 10.8 Å². The largest absolute Gasteiger partial charge is 0.454 e. The van der Waals surface area contributed by atoms with E-state index in [0.717, 1.165) is 43.1 Å². The van der Waals surface area contributed by atoms with Crippen LogP contribution >= 0.6 is 0 Å². The van der Waals surface area contributed by atoms with E-state index in [1.807, 2.05) is 12.1 Å². The van der Waals surface area contributed by atoms with Gasteiger partial charge in [-0.05, 0) is 40.5 Å². The van der Waals surface area contributed by atoms with E-state index in [4.69, 9.17) is 9.47 Å². The van der Waals surface area contributed by atoms with Crippen molar-refractivity contribution in [1.29, 1.82) is 0 Å². The van der Waals surface area contributed by atoms with Gasteiger partial charge >= 0.3 is 0 Å². The Kier molecular flexibility index (Phi) is 5.49. The monoisotopic (exact) mass is 417 g/mol. The zero-order valence-electron chi connectivity index (χ0n) is 17.6. The van der Waals surface area contributed by atoms with E-state index in [0.29, 0.717) is 0 Å². The van der Waals surface area contributed by atoms with Gasteiger partial charge in [-0.15, -0.1) is 0 Å². The fourth-order valence-corrected chi connectivity index (χ4v) is 4.63. The van der Waals surface area contributed by atoms with Gasteiger partial charge in [0.2, 0.25) is 12.7 Å². The molecule has 2 heterocycles. The topological polar surface area (TPSA) is 62.8 Å². The predicted molar refractivity (Wildman–Crippen MR) is 120 cm³/mol. The second-order valence-electron chi connectivity index (χ2n) is 8.20. The molecule has 31 heavy (non-hydrogen) atoms. The number of carbonyl (C=O) groups excluding carboxylic acids is 1. The van der Waals surface area contributed by atoms with Crippen molar-refractivity contribution in [3.05, 3.63) is 71.8 Å². The third kappa shape index (κ3) is 4.09. The van der Waals surface area contributed by atoms with Gasteiger partial charge in [0.1, 0.15) is 0 Å². The number of hydrogen-bond acceptors (Lipinski definition) is 5. The maximum Gasteiger partial charge on any atom is 0.237 e. The minimum Gasteiger partial charge on any atom is -0.454 e. The Hall–Kier alpha value is -3.09. The summed E-state index contributed by atoms with van der Waals surface area (Å²) in [7, 11) is 1.71. The third-order valence-corrected chi connectivity index (χ3v) is 6.24. The number of rotatable bonds is 6. The number of nitrogens with one attached hydrogen (secondary N) is 2. The van der Waals surface area contributed by atoms with Crippen LogP contribution in [0.15, 0.2) is 60.7 Å². The van der Waals surface area contributed by atoms with E-state index in [1.54, 1.807) is 7.05 Å². The molecule has 0 spiro atoms. The number of amides is 1. The Bertz CT molecular complexity index is 1100. The molecule has 0 radical (unpaired) electrons. The molecule has 0 saturated carbocycles. The second-order valence-corrected chi connectivity index (χ2v) is 8.20. The van der Waals surface area contributed by atoms with Crippen molar-refractivity contribution in [2.75, 3.05) is 20.4 Å². The molecule has 0 unspecified atom stereocenters. The highest BCUT2D eigenvalue weighted by Gasteiger charge is 2.36. The van der Waals surface area contributed by atoms with E-state index in [1.165, 1.54) is 16.3 Å². The highest BCUT2D eigenvalue weighted by atomic mass is 16.7. The summed E-state index contributed by atoms with van der Waals surface area (Å²) in [4.78, 5) is 14.9. The number of fused-ring (bicyclic) bond motifs is 2. The van der Waals surface area contributed by atoms with Crippen molar-refractivity contribution >= 4 is 16.7 Å². The molecular formula is C25H27N3O3. The molecule has 1 fully saturated rings. The number of nitrogens with zero attached hydrogens (tertiary/aromatic N) is 1. The fraction of sp³-hybridized carbons (Fsp3) is 0.320. The molecule has 2 N–H and O–H groups in total. The second kappa shape index (κ2) is 8.57. The van der Waals surface area contributed by atoms with Crippen LogP contribution in [-0.2, 0) is 17.9 Å². The van der Waals surface area contributed by atoms with Gasteiger partial charge in [0.25, 0.3) is 0 Å². The summed E-state index contributed by atoms with van der Waals surface area (Å²) in [5, 5.41) is 8.95. The molecule has 0 aromatic heterocycles. The molecule has 1 amide bonds. The van der Waals surface area contributed by atoms with E-state index in [9.17, 15) is 4.79 Å². The lowest BCUT2D eigenvalue weighted by molar-refractivity contribution is -0.125. The molecule has 2 aliphatic heterocycles. The van der Waals surface area contributed by atoms with Gasteiger partial charge in [0, 0.05) is 32.7 Å². The molecule has 0 bridgehead atoms. The fourth-order valence-electron chi connectivity index (χ4n) is 4.63. The first-order valence-electron chi connectivity index (χ1n) is 10.8. The lowest BCUT2D eigenvalue weighted by Gasteiger charge is -2.23. The van der Waals surface area contributed by atoms with Crippen LogP contribution in [-0.4, -0.2) is 43.3 Å². The predicted octanol–water partition coefficient (Wildman–Crippen LogP) is 3.05. The Morgan fingerprint density at radius 2 is 1.90 bits per heavy atom. The van der Waals surface area contributed by atoms with E-state index < -0.39 is 0 Å². The van der Waals surface area contributed by atoms with Gasteiger partial charge in [-0.1, -0.05) is 48.5 Å². The molecule has 0 aliphatic carbocycles. The number of ether oxygens (including phenoxy) is 2. The van der Waals surface area contributed by atoms with Gasteiger partial charge in [-0.25, -0.2) is 0 Å². The molecule has 5 rings (SSSR count). The summed E-state index contributed by atoms with van der Waals surface area (Å²) in [6.45, 7) is 2.59. The minimum absolute atomic E-state index is 0.0765. The Morgan fingerprint density at radius 1 is 1.06 bits per heavy atom. The Labute approximate surface area is 182 Å². The Balaban J connectivity index is 1.29. The number of likely N-dealkylation sites (N-methyl/N-ethyl adjacent to an activating group) is 1. The van der Waals surface area contributed by atoms with Crippen molar-refractivity contribution in [2.24, 2.45) is 0 Å². The molecule has 1 saturated heterocycles. The van der Waals surface area contributed by atoms with Crippen LogP contribution in [0.4, 0.5) is 0 Å². The molecule has 6 nitrogen and oxygen atoms in total. The van der Waals surface area contributed by atoms with Crippen LogP contribution in [0.2, 0.25) is 0 Å². The number of benzene rings is 3. The van der Waals surface area contributed by atoms with Crippen LogP contribution in [0.3, 0.4) is 0 Å². The summed E-state index contributed by atoms with van der Waals surface area (Å²) >= 11 is 0. The molecule has 3 aromatic rings. The first kappa shape index (κ1) is 19.8. The Morgan fingerprint density at radius 3 is 2.81 bits per heavy atom. The zero-order chi connectivity index (χ0) is 21.2. The van der Waals surface area contributed by atoms with Crippen LogP contribution in [0, 0.1) is 0 Å². The van der Waals surface area contributed by atoms with E-state index >= 15 is 0 Å². The van der Waals surface area contributed by atoms with Crippen molar-refractivity contribution in [2.45, 2.75) is 31.6 Å². The van der Waals surface area contributed by atoms with Crippen molar-refractivity contribution in [3.8, 4) is 11.5 Å². The summed E-state index contributed by atoms with van der Waals surface area (Å²) in [5.41, 5.74) is 2.40. The highest BCUT2D eigenvalue weighted by molar-refractivity contribution is 5.86. The van der Waals surface area contributed by atoms with Crippen LogP contribution < -0.4 is 20.1 Å². The van der Waals surface area contributed by atoms with Gasteiger partial charge in [0.15, 0.2) is 11.5 Å². The zero-order valence-corrected chi connectivity index (χ0v) is 17.6. The van der Waals surface area contributed by atoms with Crippen molar-refractivity contribution in [3.63, 3.8) is 0 Å². The molecule has 160 valence electrons. The van der Waals surface area contributed by atoms with Gasteiger partial charge in [0.05, 0.1) is 6.04 Å². The number of hydrogen-bond donors (Lipinski definition) is 2. The molecule has 6 heteroatoms. The summed E-state index contributed by atoms with van der Waals surface area (Å²) in [6.07, 6.45) is 0.787. The van der Waals surface area contributed by atoms with Crippen molar-refractivity contribution < 1.29 is 14.3 Å². The number of likely N-dealkylation sites (tertiary alicyclic amines) is 1. The summed E-state index contributed by atoms with van der Waals surface area (Å²) < 4.78 is 10.9. The van der Waals surface area contributed by atoms with Gasteiger partial charge in [-0.2, -0.15) is 0 Å². The van der Waals surface area contributed by atoms with Crippen molar-refractivity contribution in [1.82, 2.24) is 15.5 Å². The highest BCUT2D eigenvalue weighted by Crippen LogP contribution is 2.32. The maximum absolute atomic E-state index is 12.6. The van der Waals surface area contributed by atoms with Gasteiger partial charge in [-0.3, -0.25) is 9.69 Å². The lowest BCUT2D eigenvalue weighted by atomic mass is 10.0. The molecule has 2 atom stereocenters. The summed E-state index contributed by atoms with van der Waals surface area (Å²) in [5.74, 6) is 1.67. The summed E-state index contributed by atoms with van der Waals surface area (Å²) in [6, 6.07) is 20.9. The molecule has 3 aromatic carbocycles. The average molecular weight is 418 g/mol. The maximum atomic E-state index is 12.6. The van der Waals surface area contributed by atoms with Crippen LogP contribution in [0.5, 0.6) is 11.5 Å². The first-order chi connectivity index (χ1) is 15.2. The third-order valence-electron chi connectivity index (χ3n) is 6.24. The normalized spacial score (nSPS) is 20.3. The van der Waals surface area contributed by atoms with Gasteiger partial charge < -0.3 is 20.1 Å². The smallest absolute Gasteiger partial charge is 0.237 e. The number of carbonyl (C=O) groups is 1. The minimum atomic E-state index is -0.141. The molecule has 2 aliphatic rings. The van der Waals surface area contributed by atoms with E-state index in [-0.39, 0.29) is 24.8 Å². The SMILES string of the molecule is CNC(=O)[C@@H]1C[C@H](NCc2ccc3c(c2)OCO3)CN1Cc1cccc2ccccc12. The van der Waals surface area contributed by atoms with Crippen LogP contribution in [0.1, 0.15) is 17.5 Å². The first-order valence-corrected chi connectivity index (χ1v) is 10.8. The quantitative estimate of drug-likeness (QED) is 0.646. The van der Waals surface area contributed by atoms with E-state index in [2.05, 4.69) is 64.1 Å². The standard InChI is InChI=1S/C25H27N3O3/c1-26-25(29)22-12-20(27-13-17-9-10-23-24(11-17)31-16-30-23)15-28(22)14-19-7-4-6-18-5-2-3-8-21(18)19/h2-11,20,22,27H,12-16H2,1H3,(H,26,29)/t20-,22-/m0/s1.